The van der Waals surface area contributed by atoms with Crippen molar-refractivity contribution in [2.45, 2.75) is 52.1 Å². The summed E-state index contributed by atoms with van der Waals surface area (Å²) in [7, 11) is 0. The number of piperidine rings is 1. The maximum absolute atomic E-state index is 11.4. The predicted octanol–water partition coefficient (Wildman–Crippen LogP) is 3.30. The lowest BCUT2D eigenvalue weighted by Crippen LogP contribution is -2.45. The highest BCUT2D eigenvalue weighted by Gasteiger charge is 2.32. The van der Waals surface area contributed by atoms with Gasteiger partial charge in [-0.2, -0.15) is 0 Å². The number of carboxylic acid groups (broad SMARTS) is 1. The molecule has 2 atom stereocenters. The Morgan fingerprint density at radius 1 is 1.26 bits per heavy atom. The van der Waals surface area contributed by atoms with E-state index >= 15 is 0 Å². The molecule has 19 heavy (non-hydrogen) atoms. The van der Waals surface area contributed by atoms with Crippen molar-refractivity contribution in [3.8, 4) is 0 Å². The van der Waals surface area contributed by atoms with Gasteiger partial charge in [0.1, 0.15) is 6.04 Å². The Labute approximate surface area is 115 Å². The highest BCUT2D eigenvalue weighted by molar-refractivity contribution is 5.73. The number of carboxylic acids is 1. The van der Waals surface area contributed by atoms with Crippen LogP contribution in [0, 0.1) is 13.8 Å². The van der Waals surface area contributed by atoms with E-state index < -0.39 is 5.97 Å². The van der Waals surface area contributed by atoms with Gasteiger partial charge in [-0.1, -0.05) is 35.7 Å². The highest BCUT2D eigenvalue weighted by Crippen LogP contribution is 2.29. The molecule has 1 aromatic rings. The topological polar surface area (TPSA) is 40.5 Å². The first kappa shape index (κ1) is 14.1. The summed E-state index contributed by atoms with van der Waals surface area (Å²) in [6.45, 7) is 7.18. The minimum Gasteiger partial charge on any atom is -0.480 e. The van der Waals surface area contributed by atoms with Crippen LogP contribution in [0.2, 0.25) is 0 Å². The number of benzene rings is 1. The van der Waals surface area contributed by atoms with Gasteiger partial charge < -0.3 is 5.11 Å². The van der Waals surface area contributed by atoms with E-state index in [4.69, 9.17) is 0 Å². The molecule has 3 heteroatoms. The summed E-state index contributed by atoms with van der Waals surface area (Å²) >= 11 is 0. The molecule has 2 unspecified atom stereocenters. The van der Waals surface area contributed by atoms with Crippen molar-refractivity contribution in [2.75, 3.05) is 6.54 Å². The van der Waals surface area contributed by atoms with Crippen LogP contribution in [0.5, 0.6) is 0 Å². The summed E-state index contributed by atoms with van der Waals surface area (Å²) in [5.41, 5.74) is 3.71. The van der Waals surface area contributed by atoms with Gasteiger partial charge in [0.15, 0.2) is 0 Å². The monoisotopic (exact) mass is 261 g/mol. The molecule has 0 bridgehead atoms. The van der Waals surface area contributed by atoms with Crippen molar-refractivity contribution < 1.29 is 9.90 Å². The molecule has 0 spiro atoms. The molecule has 1 aliphatic rings. The molecule has 0 radical (unpaired) electrons. The Hall–Kier alpha value is -1.35. The second kappa shape index (κ2) is 5.74. The van der Waals surface area contributed by atoms with Crippen LogP contribution in [-0.2, 0) is 4.79 Å². The number of hydrogen-bond donors (Lipinski definition) is 1. The number of aliphatic carboxylic acids is 1. The molecular weight excluding hydrogens is 238 g/mol. The predicted molar refractivity (Wildman–Crippen MR) is 76.3 cm³/mol. The fourth-order valence-corrected chi connectivity index (χ4v) is 3.13. The van der Waals surface area contributed by atoms with Crippen molar-refractivity contribution >= 4 is 5.97 Å². The summed E-state index contributed by atoms with van der Waals surface area (Å²) in [6, 6.07) is 6.34. The lowest BCUT2D eigenvalue weighted by Gasteiger charge is -2.37. The fourth-order valence-electron chi connectivity index (χ4n) is 3.13. The second-order valence-corrected chi connectivity index (χ2v) is 5.68. The number of likely N-dealkylation sites (tertiary alicyclic amines) is 1. The minimum atomic E-state index is -0.684. The molecular formula is C16H23NO2. The molecule has 104 valence electrons. The highest BCUT2D eigenvalue weighted by atomic mass is 16.4. The van der Waals surface area contributed by atoms with E-state index in [0.717, 1.165) is 25.8 Å². The van der Waals surface area contributed by atoms with Crippen LogP contribution in [0.3, 0.4) is 0 Å². The number of carbonyl (C=O) groups is 1. The largest absolute Gasteiger partial charge is 0.480 e. The Morgan fingerprint density at radius 2 is 1.89 bits per heavy atom. The molecule has 0 aliphatic carbocycles. The first-order valence-corrected chi connectivity index (χ1v) is 7.06. The normalized spacial score (nSPS) is 22.2. The number of aryl methyl sites for hydroxylation is 2. The SMILES string of the molecule is Cc1cc(C)cc(C(C)N2CCCCC2C(=O)O)c1. The van der Waals surface area contributed by atoms with Crippen molar-refractivity contribution in [3.63, 3.8) is 0 Å². The van der Waals surface area contributed by atoms with E-state index in [-0.39, 0.29) is 12.1 Å². The van der Waals surface area contributed by atoms with Crippen LogP contribution in [0.15, 0.2) is 18.2 Å². The molecule has 0 saturated carbocycles. The van der Waals surface area contributed by atoms with Crippen LogP contribution in [-0.4, -0.2) is 28.6 Å². The van der Waals surface area contributed by atoms with Crippen molar-refractivity contribution in [1.82, 2.24) is 4.90 Å². The number of nitrogens with zero attached hydrogens (tertiary/aromatic N) is 1. The first-order chi connectivity index (χ1) is 8.99. The zero-order chi connectivity index (χ0) is 14.0. The molecule has 0 amide bonds. The molecule has 1 heterocycles. The third-order valence-electron chi connectivity index (χ3n) is 4.05. The summed E-state index contributed by atoms with van der Waals surface area (Å²) in [6.07, 6.45) is 2.89. The molecule has 1 aliphatic heterocycles. The van der Waals surface area contributed by atoms with Crippen molar-refractivity contribution in [1.29, 1.82) is 0 Å². The summed E-state index contributed by atoms with van der Waals surface area (Å²) in [5.74, 6) is -0.684. The van der Waals surface area contributed by atoms with Gasteiger partial charge in [0.25, 0.3) is 0 Å². The van der Waals surface area contributed by atoms with E-state index in [9.17, 15) is 9.90 Å². The molecule has 0 aromatic heterocycles. The van der Waals surface area contributed by atoms with Gasteiger partial charge in [-0.3, -0.25) is 9.69 Å². The van der Waals surface area contributed by atoms with Crippen molar-refractivity contribution in [3.05, 3.63) is 34.9 Å². The van der Waals surface area contributed by atoms with E-state index in [1.807, 2.05) is 0 Å². The number of rotatable bonds is 3. The lowest BCUT2D eigenvalue weighted by atomic mass is 9.95. The van der Waals surface area contributed by atoms with Crippen LogP contribution < -0.4 is 0 Å². The summed E-state index contributed by atoms with van der Waals surface area (Å²) in [5, 5.41) is 9.37. The fraction of sp³-hybridized carbons (Fsp3) is 0.562. The third-order valence-corrected chi connectivity index (χ3v) is 4.05. The molecule has 1 saturated heterocycles. The van der Waals surface area contributed by atoms with Gasteiger partial charge in [-0.05, 0) is 45.7 Å². The summed E-state index contributed by atoms with van der Waals surface area (Å²) in [4.78, 5) is 13.5. The third kappa shape index (κ3) is 3.16. The minimum absolute atomic E-state index is 0.167. The average Bonchev–Trinajstić information content (AvgIpc) is 2.36. The van der Waals surface area contributed by atoms with E-state index in [1.54, 1.807) is 0 Å². The Bertz CT molecular complexity index is 450. The Kier molecular flexibility index (Phi) is 4.25. The van der Waals surface area contributed by atoms with E-state index in [2.05, 4.69) is 43.9 Å². The molecule has 2 rings (SSSR count). The van der Waals surface area contributed by atoms with Crippen LogP contribution in [0.1, 0.15) is 48.9 Å². The molecule has 1 N–H and O–H groups in total. The van der Waals surface area contributed by atoms with Gasteiger partial charge in [0.2, 0.25) is 0 Å². The molecule has 3 nitrogen and oxygen atoms in total. The second-order valence-electron chi connectivity index (χ2n) is 5.68. The van der Waals surface area contributed by atoms with Crippen molar-refractivity contribution in [2.24, 2.45) is 0 Å². The standard InChI is InChI=1S/C16H23NO2/c1-11-8-12(2)10-14(9-11)13(3)17-7-5-4-6-15(17)16(18)19/h8-10,13,15H,4-7H2,1-3H3,(H,18,19). The first-order valence-electron chi connectivity index (χ1n) is 7.06. The molecule has 1 fully saturated rings. The van der Waals surface area contributed by atoms with E-state index in [1.165, 1.54) is 16.7 Å². The van der Waals surface area contributed by atoms with Crippen LogP contribution >= 0.6 is 0 Å². The zero-order valence-corrected chi connectivity index (χ0v) is 12.0. The van der Waals surface area contributed by atoms with E-state index in [0.29, 0.717) is 0 Å². The Balaban J connectivity index is 2.25. The Morgan fingerprint density at radius 3 is 2.47 bits per heavy atom. The average molecular weight is 261 g/mol. The summed E-state index contributed by atoms with van der Waals surface area (Å²) < 4.78 is 0. The quantitative estimate of drug-likeness (QED) is 0.907. The zero-order valence-electron chi connectivity index (χ0n) is 12.0. The lowest BCUT2D eigenvalue weighted by molar-refractivity contribution is -0.145. The van der Waals surface area contributed by atoms with Gasteiger partial charge >= 0.3 is 5.97 Å². The van der Waals surface area contributed by atoms with Gasteiger partial charge in [-0.15, -0.1) is 0 Å². The van der Waals surface area contributed by atoms with Crippen LogP contribution in [0.4, 0.5) is 0 Å². The maximum Gasteiger partial charge on any atom is 0.320 e. The maximum atomic E-state index is 11.4. The number of hydrogen-bond acceptors (Lipinski definition) is 2. The van der Waals surface area contributed by atoms with Gasteiger partial charge in [-0.25, -0.2) is 0 Å². The van der Waals surface area contributed by atoms with Gasteiger partial charge in [0, 0.05) is 6.04 Å². The van der Waals surface area contributed by atoms with Crippen LogP contribution in [0.25, 0.3) is 0 Å². The molecule has 1 aromatic carbocycles. The smallest absolute Gasteiger partial charge is 0.320 e. The van der Waals surface area contributed by atoms with Gasteiger partial charge in [0.05, 0.1) is 0 Å².